The number of nitrogens with one attached hydrogen (secondary N) is 1. The molecule has 1 N–H and O–H groups in total. The number of rotatable bonds is 5. The molecule has 148 valence electrons. The normalized spacial score (nSPS) is 11.1. The molecule has 0 atom stereocenters. The summed E-state index contributed by atoms with van der Waals surface area (Å²) in [6.45, 7) is 0. The Balaban J connectivity index is 1.50. The van der Waals surface area contributed by atoms with Crippen molar-refractivity contribution in [3.05, 3.63) is 93.5 Å². The van der Waals surface area contributed by atoms with Crippen LogP contribution < -0.4 is 5.32 Å². The topological polar surface area (TPSA) is 103 Å². The smallest absolute Gasteiger partial charge is 0.288 e. The number of halogens is 1. The molecule has 0 radical (unpaired) electrons. The summed E-state index contributed by atoms with van der Waals surface area (Å²) in [6, 6.07) is 19.0. The first-order valence-corrected chi connectivity index (χ1v) is 9.23. The summed E-state index contributed by atoms with van der Waals surface area (Å²) in [5.41, 5.74) is 2.99. The number of hydrogen-bond donors (Lipinski definition) is 1. The molecule has 0 unspecified atom stereocenters. The molecular weight excluding hydrogens is 406 g/mol. The van der Waals surface area contributed by atoms with E-state index < -0.39 is 4.92 Å². The molecular formula is C21H14ClN5O3. The number of carbonyl (C=O) groups is 1. The summed E-state index contributed by atoms with van der Waals surface area (Å²) < 4.78 is 0. The Morgan fingerprint density at radius 2 is 1.80 bits per heavy atom. The van der Waals surface area contributed by atoms with Crippen LogP contribution in [0.2, 0.25) is 5.02 Å². The standard InChI is InChI=1S/C21H14ClN5O3/c22-17-9-6-14(12-20(17)27(29)30)7-11-21(28)23-15-8-10-18-19(13-15)25-26(24-18)16-4-2-1-3-5-16/h1-13H,(H,23,28). The number of hydrogen-bond acceptors (Lipinski definition) is 5. The number of nitro groups is 1. The predicted molar refractivity (Wildman–Crippen MR) is 115 cm³/mol. The van der Waals surface area contributed by atoms with E-state index in [1.807, 2.05) is 30.3 Å². The van der Waals surface area contributed by atoms with Crippen molar-refractivity contribution in [2.24, 2.45) is 0 Å². The Labute approximate surface area is 175 Å². The van der Waals surface area contributed by atoms with Crippen molar-refractivity contribution in [2.75, 3.05) is 5.32 Å². The Hall–Kier alpha value is -4.04. The first-order chi connectivity index (χ1) is 14.5. The lowest BCUT2D eigenvalue weighted by atomic mass is 10.2. The van der Waals surface area contributed by atoms with Gasteiger partial charge in [0, 0.05) is 17.8 Å². The molecule has 0 spiro atoms. The van der Waals surface area contributed by atoms with Crippen LogP contribution in [0.4, 0.5) is 11.4 Å². The lowest BCUT2D eigenvalue weighted by Gasteiger charge is -2.01. The van der Waals surface area contributed by atoms with Gasteiger partial charge in [-0.3, -0.25) is 14.9 Å². The van der Waals surface area contributed by atoms with Crippen molar-refractivity contribution in [2.45, 2.75) is 0 Å². The molecule has 4 rings (SSSR count). The maximum absolute atomic E-state index is 12.2. The zero-order chi connectivity index (χ0) is 21.1. The van der Waals surface area contributed by atoms with Gasteiger partial charge in [0.25, 0.3) is 5.69 Å². The van der Waals surface area contributed by atoms with E-state index in [9.17, 15) is 14.9 Å². The summed E-state index contributed by atoms with van der Waals surface area (Å²) >= 11 is 5.79. The molecule has 0 aliphatic heterocycles. The third kappa shape index (κ3) is 4.18. The van der Waals surface area contributed by atoms with Gasteiger partial charge < -0.3 is 5.32 Å². The highest BCUT2D eigenvalue weighted by Gasteiger charge is 2.12. The van der Waals surface area contributed by atoms with Gasteiger partial charge in [-0.05, 0) is 48.0 Å². The average Bonchev–Trinajstić information content (AvgIpc) is 3.17. The largest absolute Gasteiger partial charge is 0.322 e. The molecule has 0 bridgehead atoms. The van der Waals surface area contributed by atoms with Gasteiger partial charge in [-0.25, -0.2) is 0 Å². The highest BCUT2D eigenvalue weighted by molar-refractivity contribution is 6.32. The molecule has 1 aromatic heterocycles. The minimum absolute atomic E-state index is 0.0402. The molecule has 4 aromatic rings. The third-order valence-corrected chi connectivity index (χ3v) is 4.55. The van der Waals surface area contributed by atoms with Gasteiger partial charge in [0.1, 0.15) is 16.1 Å². The van der Waals surface area contributed by atoms with Crippen LogP contribution in [0.3, 0.4) is 0 Å². The maximum atomic E-state index is 12.2. The Morgan fingerprint density at radius 3 is 2.57 bits per heavy atom. The number of nitrogens with zero attached hydrogens (tertiary/aromatic N) is 4. The molecule has 0 fully saturated rings. The van der Waals surface area contributed by atoms with E-state index in [-0.39, 0.29) is 16.6 Å². The molecule has 0 saturated carbocycles. The van der Waals surface area contributed by atoms with Gasteiger partial charge in [-0.1, -0.05) is 35.9 Å². The van der Waals surface area contributed by atoms with E-state index in [1.165, 1.54) is 29.1 Å². The molecule has 9 heteroatoms. The summed E-state index contributed by atoms with van der Waals surface area (Å²) in [4.78, 5) is 24.2. The van der Waals surface area contributed by atoms with Crippen molar-refractivity contribution in [1.29, 1.82) is 0 Å². The Bertz CT molecular complexity index is 1280. The number of nitro benzene ring substituents is 1. The van der Waals surface area contributed by atoms with Gasteiger partial charge in [-0.15, -0.1) is 10.2 Å². The molecule has 3 aromatic carbocycles. The van der Waals surface area contributed by atoms with Crippen LogP contribution >= 0.6 is 11.6 Å². The lowest BCUT2D eigenvalue weighted by Crippen LogP contribution is -2.07. The first-order valence-electron chi connectivity index (χ1n) is 8.85. The van der Waals surface area contributed by atoms with E-state index in [4.69, 9.17) is 11.6 Å². The zero-order valence-electron chi connectivity index (χ0n) is 15.4. The number of fused-ring (bicyclic) bond motifs is 1. The fraction of sp³-hybridized carbons (Fsp3) is 0. The number of carbonyl (C=O) groups excluding carboxylic acids is 1. The monoisotopic (exact) mass is 419 g/mol. The van der Waals surface area contributed by atoms with Crippen LogP contribution in [0, 0.1) is 10.1 Å². The third-order valence-electron chi connectivity index (χ3n) is 4.23. The molecule has 1 heterocycles. The van der Waals surface area contributed by atoms with Crippen LogP contribution in [0.1, 0.15) is 5.56 Å². The summed E-state index contributed by atoms with van der Waals surface area (Å²) in [7, 11) is 0. The number of amides is 1. The van der Waals surface area contributed by atoms with E-state index in [1.54, 1.807) is 24.3 Å². The maximum Gasteiger partial charge on any atom is 0.288 e. The van der Waals surface area contributed by atoms with Crippen molar-refractivity contribution in [3.8, 4) is 5.69 Å². The molecule has 30 heavy (non-hydrogen) atoms. The quantitative estimate of drug-likeness (QED) is 0.288. The van der Waals surface area contributed by atoms with Gasteiger partial charge in [0.05, 0.1) is 10.6 Å². The first kappa shape index (κ1) is 19.3. The number of para-hydroxylation sites is 1. The second kappa shape index (κ2) is 8.14. The van der Waals surface area contributed by atoms with Crippen LogP contribution in [-0.2, 0) is 4.79 Å². The van der Waals surface area contributed by atoms with Gasteiger partial charge >= 0.3 is 0 Å². The Morgan fingerprint density at radius 1 is 1.03 bits per heavy atom. The van der Waals surface area contributed by atoms with Gasteiger partial charge in [0.2, 0.25) is 5.91 Å². The minimum atomic E-state index is -0.572. The van der Waals surface area contributed by atoms with E-state index in [0.29, 0.717) is 22.3 Å². The Kier molecular flexibility index (Phi) is 5.23. The highest BCUT2D eigenvalue weighted by Crippen LogP contribution is 2.25. The predicted octanol–water partition coefficient (Wildman–Crippen LogP) is 4.63. The zero-order valence-corrected chi connectivity index (χ0v) is 16.2. The highest BCUT2D eigenvalue weighted by atomic mass is 35.5. The van der Waals surface area contributed by atoms with Crippen LogP contribution in [-0.4, -0.2) is 25.8 Å². The van der Waals surface area contributed by atoms with E-state index in [0.717, 1.165) is 5.69 Å². The van der Waals surface area contributed by atoms with E-state index in [2.05, 4.69) is 15.5 Å². The van der Waals surface area contributed by atoms with Crippen molar-refractivity contribution < 1.29 is 9.72 Å². The number of benzene rings is 3. The fourth-order valence-corrected chi connectivity index (χ4v) is 2.98. The number of aromatic nitrogens is 3. The van der Waals surface area contributed by atoms with Crippen LogP contribution in [0.25, 0.3) is 22.8 Å². The minimum Gasteiger partial charge on any atom is -0.322 e. The van der Waals surface area contributed by atoms with Crippen molar-refractivity contribution in [3.63, 3.8) is 0 Å². The fourth-order valence-electron chi connectivity index (χ4n) is 2.80. The number of anilines is 1. The van der Waals surface area contributed by atoms with Gasteiger partial charge in [0.15, 0.2) is 0 Å². The second-order valence-electron chi connectivity index (χ2n) is 6.32. The van der Waals surface area contributed by atoms with E-state index >= 15 is 0 Å². The van der Waals surface area contributed by atoms with Gasteiger partial charge in [-0.2, -0.15) is 4.80 Å². The average molecular weight is 420 g/mol. The molecule has 8 nitrogen and oxygen atoms in total. The summed E-state index contributed by atoms with van der Waals surface area (Å²) in [5.74, 6) is -0.387. The second-order valence-corrected chi connectivity index (χ2v) is 6.73. The summed E-state index contributed by atoms with van der Waals surface area (Å²) in [5, 5.41) is 22.6. The SMILES string of the molecule is O=C(C=Cc1ccc(Cl)c([N+](=O)[O-])c1)Nc1ccc2nn(-c3ccccc3)nc2c1. The molecule has 0 saturated heterocycles. The van der Waals surface area contributed by atoms with Crippen LogP contribution in [0.15, 0.2) is 72.8 Å². The van der Waals surface area contributed by atoms with Crippen LogP contribution in [0.5, 0.6) is 0 Å². The lowest BCUT2D eigenvalue weighted by molar-refractivity contribution is -0.384. The van der Waals surface area contributed by atoms with Crippen molar-refractivity contribution >= 4 is 46.0 Å². The molecule has 1 amide bonds. The molecule has 0 aliphatic carbocycles. The van der Waals surface area contributed by atoms with Crippen molar-refractivity contribution in [1.82, 2.24) is 15.0 Å². The summed E-state index contributed by atoms with van der Waals surface area (Å²) in [6.07, 6.45) is 2.76. The molecule has 0 aliphatic rings.